The summed E-state index contributed by atoms with van der Waals surface area (Å²) in [6, 6.07) is 7.47. The topological polar surface area (TPSA) is 61.9 Å². The minimum atomic E-state index is -0.343. The van der Waals surface area contributed by atoms with Crippen LogP contribution in [0.5, 0.6) is 0 Å². The van der Waals surface area contributed by atoms with E-state index in [1.165, 1.54) is 38.5 Å². The first-order valence-electron chi connectivity index (χ1n) is 10.2. The number of benzene rings is 1. The van der Waals surface area contributed by atoms with E-state index in [9.17, 15) is 9.59 Å². The third kappa shape index (κ3) is 5.45. The average molecular weight is 373 g/mol. The number of piperazine rings is 1. The third-order valence-corrected chi connectivity index (χ3v) is 5.59. The lowest BCUT2D eigenvalue weighted by Crippen LogP contribution is -2.52. The van der Waals surface area contributed by atoms with Crippen LogP contribution < -0.4 is 5.32 Å². The van der Waals surface area contributed by atoms with Crippen molar-refractivity contribution in [3.05, 3.63) is 29.8 Å². The lowest BCUT2D eigenvalue weighted by Gasteiger charge is -2.39. The molecule has 1 N–H and O–H groups in total. The van der Waals surface area contributed by atoms with Gasteiger partial charge in [0.05, 0.1) is 12.2 Å². The Labute approximate surface area is 161 Å². The van der Waals surface area contributed by atoms with Gasteiger partial charge in [-0.3, -0.25) is 4.90 Å². The van der Waals surface area contributed by atoms with Gasteiger partial charge in [0.15, 0.2) is 0 Å². The maximum absolute atomic E-state index is 12.5. The van der Waals surface area contributed by atoms with Gasteiger partial charge in [-0.05, 0) is 44.0 Å². The molecule has 1 aliphatic heterocycles. The Hall–Kier alpha value is -2.08. The number of anilines is 1. The second-order valence-electron chi connectivity index (χ2n) is 7.40. The summed E-state index contributed by atoms with van der Waals surface area (Å²) < 4.78 is 4.97. The van der Waals surface area contributed by atoms with Crippen LogP contribution >= 0.6 is 0 Å². The highest BCUT2D eigenvalue weighted by atomic mass is 16.5. The number of urea groups is 1. The molecular formula is C21H31N3O3. The molecule has 1 saturated carbocycles. The summed E-state index contributed by atoms with van der Waals surface area (Å²) in [6.07, 6.45) is 8.03. The van der Waals surface area contributed by atoms with Crippen LogP contribution in [0, 0.1) is 0 Å². The summed E-state index contributed by atoms with van der Waals surface area (Å²) in [5.74, 6) is -0.343. The fourth-order valence-corrected chi connectivity index (χ4v) is 4.02. The van der Waals surface area contributed by atoms with Gasteiger partial charge in [-0.1, -0.05) is 25.7 Å². The van der Waals surface area contributed by atoms with E-state index in [4.69, 9.17) is 4.74 Å². The highest BCUT2D eigenvalue weighted by Crippen LogP contribution is 2.23. The largest absolute Gasteiger partial charge is 0.462 e. The number of carbonyl (C=O) groups excluding carboxylic acids is 2. The number of hydrogen-bond donors (Lipinski definition) is 1. The van der Waals surface area contributed by atoms with Crippen molar-refractivity contribution >= 4 is 17.7 Å². The van der Waals surface area contributed by atoms with Crippen LogP contribution in [0.25, 0.3) is 0 Å². The minimum Gasteiger partial charge on any atom is -0.462 e. The number of esters is 1. The predicted octanol–water partition coefficient (Wildman–Crippen LogP) is 3.74. The van der Waals surface area contributed by atoms with E-state index < -0.39 is 0 Å². The van der Waals surface area contributed by atoms with Gasteiger partial charge in [-0.2, -0.15) is 0 Å². The molecule has 6 nitrogen and oxygen atoms in total. The van der Waals surface area contributed by atoms with Crippen LogP contribution in [0.3, 0.4) is 0 Å². The first kappa shape index (κ1) is 19.7. The van der Waals surface area contributed by atoms with Crippen molar-refractivity contribution < 1.29 is 14.3 Å². The van der Waals surface area contributed by atoms with Crippen molar-refractivity contribution in [3.8, 4) is 0 Å². The molecule has 0 bridgehead atoms. The lowest BCUT2D eigenvalue weighted by molar-refractivity contribution is 0.0526. The summed E-state index contributed by atoms with van der Waals surface area (Å²) in [4.78, 5) is 28.7. The Morgan fingerprint density at radius 2 is 1.63 bits per heavy atom. The molecule has 0 radical (unpaired) electrons. The second-order valence-corrected chi connectivity index (χ2v) is 7.40. The van der Waals surface area contributed by atoms with Gasteiger partial charge in [0.2, 0.25) is 0 Å². The molecule has 0 spiro atoms. The van der Waals surface area contributed by atoms with Gasteiger partial charge in [0.25, 0.3) is 0 Å². The molecule has 0 unspecified atom stereocenters. The van der Waals surface area contributed by atoms with Gasteiger partial charge in [-0.15, -0.1) is 0 Å². The summed E-state index contributed by atoms with van der Waals surface area (Å²) in [7, 11) is 0. The molecule has 0 atom stereocenters. The first-order chi connectivity index (χ1) is 13.2. The van der Waals surface area contributed by atoms with Crippen LogP contribution in [-0.4, -0.2) is 60.6 Å². The average Bonchev–Trinajstić information content (AvgIpc) is 2.98. The Balaban J connectivity index is 1.47. The number of nitrogens with zero attached hydrogens (tertiary/aromatic N) is 2. The zero-order valence-electron chi connectivity index (χ0n) is 16.3. The molecule has 6 heteroatoms. The molecule has 2 amide bonds. The molecule has 2 aliphatic rings. The van der Waals surface area contributed by atoms with Crippen molar-refractivity contribution in [3.63, 3.8) is 0 Å². The first-order valence-corrected chi connectivity index (χ1v) is 10.2. The SMILES string of the molecule is CCOC(=O)c1ccc(NC(=O)N2CCN(C3CCCCCC3)CC2)cc1. The molecule has 2 fully saturated rings. The Morgan fingerprint density at radius 1 is 1.00 bits per heavy atom. The number of hydrogen-bond acceptors (Lipinski definition) is 4. The maximum atomic E-state index is 12.5. The van der Waals surface area contributed by atoms with Crippen LogP contribution in [0.1, 0.15) is 55.8 Å². The molecule has 1 heterocycles. The summed E-state index contributed by atoms with van der Waals surface area (Å²) in [5.41, 5.74) is 1.19. The summed E-state index contributed by atoms with van der Waals surface area (Å²) in [5, 5.41) is 2.93. The standard InChI is InChI=1S/C21H31N3O3/c1-2-27-20(25)17-9-11-18(12-10-17)22-21(26)24-15-13-23(14-16-24)19-7-5-3-4-6-8-19/h9-12,19H,2-8,13-16H2,1H3,(H,22,26). The van der Waals surface area contributed by atoms with Crippen molar-refractivity contribution in [2.75, 3.05) is 38.1 Å². The Morgan fingerprint density at radius 3 is 2.22 bits per heavy atom. The zero-order chi connectivity index (χ0) is 19.1. The molecule has 1 aromatic carbocycles. The number of nitrogens with one attached hydrogen (secondary N) is 1. The van der Waals surface area contributed by atoms with Gasteiger partial charge >= 0.3 is 12.0 Å². The van der Waals surface area contributed by atoms with Crippen LogP contribution in [-0.2, 0) is 4.74 Å². The highest BCUT2D eigenvalue weighted by molar-refractivity contribution is 5.92. The molecule has 3 rings (SSSR count). The van der Waals surface area contributed by atoms with E-state index in [-0.39, 0.29) is 12.0 Å². The number of carbonyl (C=O) groups is 2. The van der Waals surface area contributed by atoms with Crippen LogP contribution in [0.2, 0.25) is 0 Å². The minimum absolute atomic E-state index is 0.0700. The smallest absolute Gasteiger partial charge is 0.338 e. The molecule has 1 saturated heterocycles. The van der Waals surface area contributed by atoms with Crippen molar-refractivity contribution in [1.82, 2.24) is 9.80 Å². The van der Waals surface area contributed by atoms with Crippen molar-refractivity contribution in [1.29, 1.82) is 0 Å². The van der Waals surface area contributed by atoms with E-state index >= 15 is 0 Å². The van der Waals surface area contributed by atoms with E-state index in [2.05, 4.69) is 10.2 Å². The van der Waals surface area contributed by atoms with Gasteiger partial charge in [-0.25, -0.2) is 9.59 Å². The highest BCUT2D eigenvalue weighted by Gasteiger charge is 2.26. The van der Waals surface area contributed by atoms with E-state index in [1.807, 2.05) is 4.90 Å². The van der Waals surface area contributed by atoms with Gasteiger partial charge < -0.3 is 15.0 Å². The predicted molar refractivity (Wildman–Crippen MR) is 106 cm³/mol. The molecule has 1 aliphatic carbocycles. The molecule has 0 aromatic heterocycles. The monoisotopic (exact) mass is 373 g/mol. The van der Waals surface area contributed by atoms with Gasteiger partial charge in [0, 0.05) is 37.9 Å². The van der Waals surface area contributed by atoms with Crippen LogP contribution in [0.4, 0.5) is 10.5 Å². The number of ether oxygens (including phenoxy) is 1. The maximum Gasteiger partial charge on any atom is 0.338 e. The Kier molecular flexibility index (Phi) is 7.10. The Bertz CT molecular complexity index is 616. The molecule has 1 aromatic rings. The fraction of sp³-hybridized carbons (Fsp3) is 0.619. The second kappa shape index (κ2) is 9.74. The normalized spacial score (nSPS) is 19.4. The van der Waals surface area contributed by atoms with Crippen molar-refractivity contribution in [2.24, 2.45) is 0 Å². The molecule has 148 valence electrons. The van der Waals surface area contributed by atoms with E-state index in [0.29, 0.717) is 23.9 Å². The van der Waals surface area contributed by atoms with Gasteiger partial charge in [0.1, 0.15) is 0 Å². The molecular weight excluding hydrogens is 342 g/mol. The number of rotatable bonds is 4. The van der Waals surface area contributed by atoms with Crippen molar-refractivity contribution in [2.45, 2.75) is 51.5 Å². The van der Waals surface area contributed by atoms with E-state index in [0.717, 1.165) is 26.2 Å². The van der Waals surface area contributed by atoms with Crippen LogP contribution in [0.15, 0.2) is 24.3 Å². The summed E-state index contributed by atoms with van der Waals surface area (Å²) >= 11 is 0. The third-order valence-electron chi connectivity index (χ3n) is 5.59. The summed E-state index contributed by atoms with van der Waals surface area (Å²) in [6.45, 7) is 5.58. The quantitative estimate of drug-likeness (QED) is 0.645. The fourth-order valence-electron chi connectivity index (χ4n) is 4.02. The molecule has 27 heavy (non-hydrogen) atoms. The zero-order valence-corrected chi connectivity index (χ0v) is 16.3. The number of amides is 2. The lowest BCUT2D eigenvalue weighted by atomic mass is 10.1. The van der Waals surface area contributed by atoms with E-state index in [1.54, 1.807) is 31.2 Å².